The topological polar surface area (TPSA) is 78.5 Å². The minimum atomic E-state index is -0.336. The number of rotatable bonds is 7. The molecule has 5 aromatic rings. The lowest BCUT2D eigenvalue weighted by molar-refractivity contribution is 0.183. The van der Waals surface area contributed by atoms with Crippen LogP contribution in [-0.4, -0.2) is 32.7 Å². The van der Waals surface area contributed by atoms with E-state index in [1.54, 1.807) is 36.1 Å². The number of aromatic nitrogens is 4. The average Bonchev–Trinajstić information content (AvgIpc) is 3.27. The Morgan fingerprint density at radius 3 is 2.71 bits per heavy atom. The van der Waals surface area contributed by atoms with E-state index in [0.29, 0.717) is 45.6 Å². The summed E-state index contributed by atoms with van der Waals surface area (Å²) in [6, 6.07) is 11.1. The highest BCUT2D eigenvalue weighted by Crippen LogP contribution is 2.32. The number of thioether (sulfide) groups is 1. The zero-order valence-electron chi connectivity index (χ0n) is 18.4. The van der Waals surface area contributed by atoms with Gasteiger partial charge in [0.05, 0.1) is 24.2 Å². The predicted octanol–water partition coefficient (Wildman–Crippen LogP) is 4.97. The molecule has 0 aliphatic heterocycles. The van der Waals surface area contributed by atoms with Gasteiger partial charge in [0, 0.05) is 40.5 Å². The maximum Gasteiger partial charge on any atom is 0.263 e. The van der Waals surface area contributed by atoms with Crippen LogP contribution in [0.5, 0.6) is 0 Å². The molecule has 0 aliphatic carbocycles. The molecule has 4 heterocycles. The van der Waals surface area contributed by atoms with Gasteiger partial charge in [-0.25, -0.2) is 14.4 Å². The molecular weight excluding hydrogens is 555 g/mol. The zero-order chi connectivity index (χ0) is 24.5. The summed E-state index contributed by atoms with van der Waals surface area (Å²) in [6.45, 7) is 0.655. The molecule has 178 valence electrons. The second-order valence-corrected chi connectivity index (χ2v) is 10.3. The number of hydrogen-bond donors (Lipinski definition) is 0. The molecule has 0 amide bonds. The molecule has 0 unspecified atom stereocenters. The van der Waals surface area contributed by atoms with Crippen LogP contribution in [0, 0.1) is 5.82 Å². The van der Waals surface area contributed by atoms with Crippen molar-refractivity contribution in [3.05, 3.63) is 90.7 Å². The Hall–Kier alpha value is -2.86. The average molecular weight is 573 g/mol. The molecule has 0 saturated heterocycles. The fourth-order valence-electron chi connectivity index (χ4n) is 3.68. The van der Waals surface area contributed by atoms with Gasteiger partial charge in [0.25, 0.3) is 11.1 Å². The standard InChI is InChI=1S/C24H18BrFN4O3S2/c1-33-9-8-29-23(32)21-18(14-2-5-16(26)6-3-14)13-34-22(21)28-24(29)35-12-17-10-20(31)30-11-15(25)4-7-19(30)27-17/h2-7,10-11,13H,8-9,12H2,1H3. The van der Waals surface area contributed by atoms with Crippen LogP contribution in [0.1, 0.15) is 5.69 Å². The third kappa shape index (κ3) is 4.81. The van der Waals surface area contributed by atoms with Gasteiger partial charge in [-0.05, 0) is 45.8 Å². The van der Waals surface area contributed by atoms with Crippen molar-refractivity contribution in [2.75, 3.05) is 13.7 Å². The predicted molar refractivity (Wildman–Crippen MR) is 140 cm³/mol. The van der Waals surface area contributed by atoms with Crippen molar-refractivity contribution in [2.45, 2.75) is 17.5 Å². The maximum atomic E-state index is 13.6. The van der Waals surface area contributed by atoms with Crippen molar-refractivity contribution in [1.29, 1.82) is 0 Å². The number of nitrogens with zero attached hydrogens (tertiary/aromatic N) is 4. The number of halogens is 2. The molecule has 11 heteroatoms. The first-order valence-corrected chi connectivity index (χ1v) is 13.2. The van der Waals surface area contributed by atoms with Crippen molar-refractivity contribution in [1.82, 2.24) is 18.9 Å². The fourth-order valence-corrected chi connectivity index (χ4v) is 5.92. The molecule has 4 aromatic heterocycles. The van der Waals surface area contributed by atoms with Crippen LogP contribution < -0.4 is 11.1 Å². The van der Waals surface area contributed by atoms with Gasteiger partial charge >= 0.3 is 0 Å². The lowest BCUT2D eigenvalue weighted by Gasteiger charge is -2.12. The molecule has 0 bridgehead atoms. The Labute approximate surface area is 215 Å². The summed E-state index contributed by atoms with van der Waals surface area (Å²) in [7, 11) is 1.57. The van der Waals surface area contributed by atoms with Crippen LogP contribution in [0.25, 0.3) is 27.0 Å². The summed E-state index contributed by atoms with van der Waals surface area (Å²) in [5, 5.41) is 2.88. The molecule has 5 rings (SSSR count). The van der Waals surface area contributed by atoms with Crippen LogP contribution in [0.2, 0.25) is 0 Å². The molecule has 0 aliphatic rings. The third-order valence-electron chi connectivity index (χ3n) is 5.36. The van der Waals surface area contributed by atoms with Gasteiger partial charge in [-0.2, -0.15) is 0 Å². The quantitative estimate of drug-likeness (QED) is 0.202. The zero-order valence-corrected chi connectivity index (χ0v) is 21.6. The molecule has 0 fully saturated rings. The van der Waals surface area contributed by atoms with Crippen molar-refractivity contribution in [3.63, 3.8) is 0 Å². The maximum absolute atomic E-state index is 13.6. The Bertz CT molecular complexity index is 1660. The SMILES string of the molecule is COCCn1c(SCc2cc(=O)n3cc(Br)ccc3n2)nc2scc(-c3ccc(F)cc3)c2c1=O. The summed E-state index contributed by atoms with van der Waals surface area (Å²) in [4.78, 5) is 36.0. The molecular formula is C24H18BrFN4O3S2. The molecule has 0 saturated carbocycles. The minimum Gasteiger partial charge on any atom is -0.383 e. The second-order valence-electron chi connectivity index (χ2n) is 7.63. The van der Waals surface area contributed by atoms with Gasteiger partial charge in [-0.3, -0.25) is 18.6 Å². The van der Waals surface area contributed by atoms with Crippen LogP contribution >= 0.6 is 39.0 Å². The first kappa shape index (κ1) is 23.9. The van der Waals surface area contributed by atoms with E-state index in [0.717, 1.165) is 15.6 Å². The molecule has 7 nitrogen and oxygen atoms in total. The first-order valence-electron chi connectivity index (χ1n) is 10.5. The molecule has 0 radical (unpaired) electrons. The van der Waals surface area contributed by atoms with Crippen LogP contribution in [0.3, 0.4) is 0 Å². The van der Waals surface area contributed by atoms with Gasteiger partial charge in [0.15, 0.2) is 5.16 Å². The molecule has 0 atom stereocenters. The Kier molecular flexibility index (Phi) is 6.83. The molecule has 0 spiro atoms. The monoisotopic (exact) mass is 572 g/mol. The molecule has 35 heavy (non-hydrogen) atoms. The van der Waals surface area contributed by atoms with Crippen LogP contribution in [0.15, 0.2) is 73.3 Å². The lowest BCUT2D eigenvalue weighted by Crippen LogP contribution is -2.25. The van der Waals surface area contributed by atoms with E-state index in [2.05, 4.69) is 20.9 Å². The number of methoxy groups -OCH3 is 1. The number of benzene rings is 1. The Morgan fingerprint density at radius 1 is 1.14 bits per heavy atom. The van der Waals surface area contributed by atoms with Crippen molar-refractivity contribution >= 4 is 54.9 Å². The van der Waals surface area contributed by atoms with Crippen molar-refractivity contribution < 1.29 is 9.13 Å². The normalized spacial score (nSPS) is 11.5. The number of pyridine rings is 1. The number of ether oxygens (including phenoxy) is 1. The van der Waals surface area contributed by atoms with E-state index in [4.69, 9.17) is 9.72 Å². The summed E-state index contributed by atoms with van der Waals surface area (Å²) >= 11 is 6.07. The lowest BCUT2D eigenvalue weighted by atomic mass is 10.1. The molecule has 0 N–H and O–H groups in total. The smallest absolute Gasteiger partial charge is 0.263 e. The van der Waals surface area contributed by atoms with E-state index in [9.17, 15) is 14.0 Å². The van der Waals surface area contributed by atoms with E-state index in [-0.39, 0.29) is 16.9 Å². The summed E-state index contributed by atoms with van der Waals surface area (Å²) in [6.07, 6.45) is 1.68. The highest BCUT2D eigenvalue weighted by molar-refractivity contribution is 9.10. The van der Waals surface area contributed by atoms with Gasteiger partial charge in [0.2, 0.25) is 0 Å². The highest BCUT2D eigenvalue weighted by atomic mass is 79.9. The highest BCUT2D eigenvalue weighted by Gasteiger charge is 2.18. The van der Waals surface area contributed by atoms with Crippen LogP contribution in [0.4, 0.5) is 4.39 Å². The third-order valence-corrected chi connectivity index (χ3v) is 7.71. The van der Waals surface area contributed by atoms with Gasteiger partial charge in [0.1, 0.15) is 16.3 Å². The van der Waals surface area contributed by atoms with Gasteiger partial charge in [-0.1, -0.05) is 23.9 Å². The number of hydrogen-bond acceptors (Lipinski definition) is 7. The van der Waals surface area contributed by atoms with Crippen LogP contribution in [-0.2, 0) is 17.0 Å². The second kappa shape index (κ2) is 10.0. The van der Waals surface area contributed by atoms with Gasteiger partial charge in [-0.15, -0.1) is 11.3 Å². The molecule has 1 aromatic carbocycles. The number of fused-ring (bicyclic) bond motifs is 2. The van der Waals surface area contributed by atoms with E-state index < -0.39 is 0 Å². The minimum absolute atomic E-state index is 0.186. The first-order chi connectivity index (χ1) is 16.9. The Balaban J connectivity index is 1.54. The van der Waals surface area contributed by atoms with Gasteiger partial charge < -0.3 is 4.74 Å². The number of thiophene rings is 1. The van der Waals surface area contributed by atoms with E-state index >= 15 is 0 Å². The van der Waals surface area contributed by atoms with E-state index in [1.807, 2.05) is 11.4 Å². The summed E-state index contributed by atoms with van der Waals surface area (Å²) in [5.74, 6) is 0.0281. The largest absolute Gasteiger partial charge is 0.383 e. The van der Waals surface area contributed by atoms with E-state index in [1.165, 1.54) is 45.7 Å². The van der Waals surface area contributed by atoms with Crippen molar-refractivity contribution in [3.8, 4) is 11.1 Å². The fraction of sp³-hybridized carbons (Fsp3) is 0.167. The summed E-state index contributed by atoms with van der Waals surface area (Å²) < 4.78 is 22.5. The summed E-state index contributed by atoms with van der Waals surface area (Å²) in [5.41, 5.74) is 2.23. The van der Waals surface area contributed by atoms with Crippen molar-refractivity contribution in [2.24, 2.45) is 0 Å². The Morgan fingerprint density at radius 2 is 1.94 bits per heavy atom.